The van der Waals surface area contributed by atoms with Gasteiger partial charge >= 0.3 is 0 Å². The standard InChI is InChI=1S/C11H11F3N2O2.Fe/c1-4(17)7(5(2)18)8-9(12)6(3-15)16-11(14)10(8)13;/h4-5,7,17-18H,1-2H3;. The molecule has 106 valence electrons. The van der Waals surface area contributed by atoms with Crippen LogP contribution in [0.4, 0.5) is 13.2 Å². The molecule has 2 atom stereocenters. The number of aliphatic hydroxyl groups is 2. The Bertz CT molecular complexity index is 496. The molecule has 0 bridgehead atoms. The van der Waals surface area contributed by atoms with Gasteiger partial charge in [-0.2, -0.15) is 9.65 Å². The fraction of sp³-hybridized carbons (Fsp3) is 0.455. The van der Waals surface area contributed by atoms with Crippen molar-refractivity contribution in [1.82, 2.24) is 4.98 Å². The van der Waals surface area contributed by atoms with Gasteiger partial charge in [0.2, 0.25) is 0 Å². The summed E-state index contributed by atoms with van der Waals surface area (Å²) in [7, 11) is 0. The molecular weight excluding hydrogens is 305 g/mol. The number of rotatable bonds is 3. The first-order valence-corrected chi connectivity index (χ1v) is 5.11. The largest absolute Gasteiger partial charge is 0.393 e. The molecule has 1 rings (SSSR count). The van der Waals surface area contributed by atoms with E-state index >= 15 is 0 Å². The van der Waals surface area contributed by atoms with Gasteiger partial charge in [0.1, 0.15) is 6.07 Å². The molecule has 0 aliphatic carbocycles. The van der Waals surface area contributed by atoms with E-state index in [-0.39, 0.29) is 17.1 Å². The molecule has 0 saturated heterocycles. The van der Waals surface area contributed by atoms with Crippen molar-refractivity contribution in [3.05, 3.63) is 28.8 Å². The topological polar surface area (TPSA) is 77.1 Å². The van der Waals surface area contributed by atoms with E-state index in [9.17, 15) is 23.4 Å². The Balaban J connectivity index is 0.00000324. The van der Waals surface area contributed by atoms with Crippen LogP contribution in [0.5, 0.6) is 0 Å². The molecule has 2 N–H and O–H groups in total. The zero-order valence-electron chi connectivity index (χ0n) is 10.0. The summed E-state index contributed by atoms with van der Waals surface area (Å²) in [6, 6.07) is 1.28. The summed E-state index contributed by atoms with van der Waals surface area (Å²) >= 11 is 0. The summed E-state index contributed by atoms with van der Waals surface area (Å²) in [6.07, 6.45) is -2.66. The fourth-order valence-corrected chi connectivity index (χ4v) is 1.78. The summed E-state index contributed by atoms with van der Waals surface area (Å²) < 4.78 is 40.4. The molecule has 0 aliphatic rings. The first kappa shape index (κ1) is 17.9. The normalized spacial score (nSPS) is 15.1. The molecule has 8 heteroatoms. The SMILES string of the molecule is CC(O)C(c1c(F)c(F)nc(C#N)c1F)C(C)O.[Fe]. The first-order chi connectivity index (χ1) is 8.31. The van der Waals surface area contributed by atoms with Gasteiger partial charge in [0, 0.05) is 28.6 Å². The molecule has 1 heterocycles. The number of pyridine rings is 1. The van der Waals surface area contributed by atoms with Gasteiger partial charge in [0.05, 0.1) is 12.2 Å². The maximum absolute atomic E-state index is 13.8. The van der Waals surface area contributed by atoms with Crippen molar-refractivity contribution in [2.24, 2.45) is 0 Å². The van der Waals surface area contributed by atoms with Crippen LogP contribution in [-0.4, -0.2) is 27.4 Å². The Morgan fingerprint density at radius 3 is 1.95 bits per heavy atom. The van der Waals surface area contributed by atoms with Crippen LogP contribution >= 0.6 is 0 Å². The summed E-state index contributed by atoms with van der Waals surface area (Å²) in [6.45, 7) is 2.39. The molecule has 0 saturated carbocycles. The second kappa shape index (κ2) is 6.87. The minimum atomic E-state index is -1.64. The van der Waals surface area contributed by atoms with Gasteiger partial charge in [-0.1, -0.05) is 0 Å². The van der Waals surface area contributed by atoms with Crippen molar-refractivity contribution in [3.8, 4) is 6.07 Å². The van der Waals surface area contributed by atoms with E-state index in [1.165, 1.54) is 19.9 Å². The number of halogens is 3. The van der Waals surface area contributed by atoms with Crippen LogP contribution in [0.3, 0.4) is 0 Å². The van der Waals surface area contributed by atoms with E-state index in [1.807, 2.05) is 0 Å². The molecule has 2 unspecified atom stereocenters. The summed E-state index contributed by atoms with van der Waals surface area (Å²) in [5.74, 6) is -6.02. The van der Waals surface area contributed by atoms with Crippen molar-refractivity contribution in [1.29, 1.82) is 5.26 Å². The van der Waals surface area contributed by atoms with Crippen molar-refractivity contribution in [3.63, 3.8) is 0 Å². The van der Waals surface area contributed by atoms with Gasteiger partial charge in [-0.05, 0) is 13.8 Å². The van der Waals surface area contributed by atoms with Gasteiger partial charge in [-0.15, -0.1) is 0 Å². The average Bonchev–Trinajstić information content (AvgIpc) is 2.27. The quantitative estimate of drug-likeness (QED) is 0.649. The molecule has 4 nitrogen and oxygen atoms in total. The monoisotopic (exact) mass is 316 g/mol. The predicted octanol–water partition coefficient (Wildman–Crippen LogP) is 1.21. The van der Waals surface area contributed by atoms with Crippen LogP contribution in [0.1, 0.15) is 31.0 Å². The molecule has 0 aliphatic heterocycles. The molecule has 0 aromatic carbocycles. The van der Waals surface area contributed by atoms with E-state index in [0.29, 0.717) is 0 Å². The number of aromatic nitrogens is 1. The average molecular weight is 316 g/mol. The molecular formula is C11H11F3FeN2O2. The Kier molecular flexibility index (Phi) is 6.46. The van der Waals surface area contributed by atoms with Crippen LogP contribution in [0.2, 0.25) is 0 Å². The Hall–Kier alpha value is -1.13. The molecule has 0 spiro atoms. The van der Waals surface area contributed by atoms with Crippen LogP contribution in [0.25, 0.3) is 0 Å². The van der Waals surface area contributed by atoms with E-state index in [0.717, 1.165) is 0 Å². The van der Waals surface area contributed by atoms with E-state index in [1.54, 1.807) is 0 Å². The van der Waals surface area contributed by atoms with Crippen LogP contribution in [-0.2, 0) is 17.1 Å². The van der Waals surface area contributed by atoms with Crippen molar-refractivity contribution >= 4 is 0 Å². The molecule has 0 radical (unpaired) electrons. The maximum Gasteiger partial charge on any atom is 0.250 e. The van der Waals surface area contributed by atoms with Gasteiger partial charge in [0.15, 0.2) is 17.3 Å². The Morgan fingerprint density at radius 1 is 1.11 bits per heavy atom. The zero-order chi connectivity index (χ0) is 14.0. The summed E-state index contributed by atoms with van der Waals surface area (Å²) in [4.78, 5) is 2.81. The second-order valence-corrected chi connectivity index (χ2v) is 3.91. The third-order valence-electron chi connectivity index (χ3n) is 2.55. The predicted molar refractivity (Wildman–Crippen MR) is 54.9 cm³/mol. The smallest absolute Gasteiger partial charge is 0.250 e. The van der Waals surface area contributed by atoms with Gasteiger partial charge in [-0.3, -0.25) is 0 Å². The summed E-state index contributed by atoms with van der Waals surface area (Å²) in [5.41, 5.74) is -1.79. The second-order valence-electron chi connectivity index (χ2n) is 3.91. The molecule has 0 amide bonds. The van der Waals surface area contributed by atoms with E-state index in [4.69, 9.17) is 5.26 Å². The molecule has 0 fully saturated rings. The third-order valence-corrected chi connectivity index (χ3v) is 2.55. The minimum absolute atomic E-state index is 0. The fourth-order valence-electron chi connectivity index (χ4n) is 1.78. The first-order valence-electron chi connectivity index (χ1n) is 5.11. The minimum Gasteiger partial charge on any atom is -0.393 e. The van der Waals surface area contributed by atoms with Gasteiger partial charge in [-0.25, -0.2) is 13.8 Å². The maximum atomic E-state index is 13.8. The number of nitriles is 1. The Labute approximate surface area is 118 Å². The number of aliphatic hydroxyl groups excluding tert-OH is 2. The number of hydrogen-bond acceptors (Lipinski definition) is 4. The Morgan fingerprint density at radius 2 is 1.58 bits per heavy atom. The van der Waals surface area contributed by atoms with Crippen molar-refractivity contribution in [2.45, 2.75) is 32.0 Å². The number of hydrogen-bond donors (Lipinski definition) is 2. The van der Waals surface area contributed by atoms with Gasteiger partial charge in [0.25, 0.3) is 5.95 Å². The molecule has 1 aromatic rings. The van der Waals surface area contributed by atoms with E-state index in [2.05, 4.69) is 4.98 Å². The number of nitrogens with zero attached hydrogens (tertiary/aromatic N) is 2. The van der Waals surface area contributed by atoms with Crippen molar-refractivity contribution < 1.29 is 40.5 Å². The van der Waals surface area contributed by atoms with E-state index < -0.39 is 47.0 Å². The summed E-state index contributed by atoms with van der Waals surface area (Å²) in [5, 5.41) is 27.4. The third kappa shape index (κ3) is 3.45. The van der Waals surface area contributed by atoms with Crippen molar-refractivity contribution in [2.75, 3.05) is 0 Å². The molecule has 1 aromatic heterocycles. The molecule has 19 heavy (non-hydrogen) atoms. The van der Waals surface area contributed by atoms with Gasteiger partial charge < -0.3 is 10.2 Å². The van der Waals surface area contributed by atoms with Crippen LogP contribution in [0.15, 0.2) is 0 Å². The van der Waals surface area contributed by atoms with Crippen LogP contribution < -0.4 is 0 Å². The zero-order valence-corrected chi connectivity index (χ0v) is 11.1. The van der Waals surface area contributed by atoms with Crippen LogP contribution in [0, 0.1) is 28.9 Å².